The quantitative estimate of drug-likeness (QED) is 0.743. The van der Waals surface area contributed by atoms with Crippen LogP contribution in [-0.2, 0) is 23.0 Å². The number of sulfonamides is 1. The Hall–Kier alpha value is -2.09. The third-order valence-electron chi connectivity index (χ3n) is 5.26. The number of nitrogens with zero attached hydrogens (tertiary/aromatic N) is 2. The smallest absolute Gasteiger partial charge is 0.243 e. The van der Waals surface area contributed by atoms with Gasteiger partial charge in [0.1, 0.15) is 11.5 Å². The lowest BCUT2D eigenvalue weighted by atomic mass is 10.1. The van der Waals surface area contributed by atoms with Crippen LogP contribution in [0.15, 0.2) is 47.4 Å². The van der Waals surface area contributed by atoms with Crippen molar-refractivity contribution in [1.29, 1.82) is 0 Å². The predicted octanol–water partition coefficient (Wildman–Crippen LogP) is 2.53. The van der Waals surface area contributed by atoms with Crippen LogP contribution in [0.25, 0.3) is 0 Å². The number of hydrogen-bond donors (Lipinski definition) is 0. The van der Waals surface area contributed by atoms with Crippen molar-refractivity contribution in [3.8, 4) is 11.5 Å². The summed E-state index contributed by atoms with van der Waals surface area (Å²) in [5.74, 6) is 1.68. The number of benzene rings is 2. The van der Waals surface area contributed by atoms with Crippen LogP contribution in [0.3, 0.4) is 0 Å². The van der Waals surface area contributed by atoms with Crippen molar-refractivity contribution >= 4 is 10.0 Å². The molecule has 6 nitrogen and oxygen atoms in total. The molecule has 0 aromatic heterocycles. The van der Waals surface area contributed by atoms with Crippen LogP contribution >= 0.6 is 0 Å². The number of ether oxygens (including phenoxy) is 2. The van der Waals surface area contributed by atoms with E-state index < -0.39 is 10.0 Å². The summed E-state index contributed by atoms with van der Waals surface area (Å²) < 4.78 is 38.3. The van der Waals surface area contributed by atoms with Crippen LogP contribution in [-0.4, -0.2) is 57.0 Å². The van der Waals surface area contributed by atoms with Gasteiger partial charge in [-0.1, -0.05) is 12.1 Å². The highest BCUT2D eigenvalue weighted by atomic mass is 32.2. The third kappa shape index (κ3) is 4.01. The topological polar surface area (TPSA) is 59.1 Å². The Bertz CT molecular complexity index is 920. The SMILES string of the molecule is CCOc1ccc(S(=O)(=O)N2CCN(Cc3ccc4c(c3)CCO4)CC2)cc1. The van der Waals surface area contributed by atoms with Gasteiger partial charge in [0.2, 0.25) is 10.0 Å². The normalized spacial score (nSPS) is 17.9. The first-order valence-corrected chi connectivity index (χ1v) is 11.2. The minimum atomic E-state index is -3.46. The van der Waals surface area contributed by atoms with E-state index in [0.29, 0.717) is 30.3 Å². The molecule has 7 heteroatoms. The number of hydrogen-bond acceptors (Lipinski definition) is 5. The molecule has 0 spiro atoms. The van der Waals surface area contributed by atoms with E-state index in [0.717, 1.165) is 38.4 Å². The van der Waals surface area contributed by atoms with E-state index in [4.69, 9.17) is 9.47 Å². The Balaban J connectivity index is 1.36. The molecule has 0 N–H and O–H groups in total. The van der Waals surface area contributed by atoms with Crippen LogP contribution in [0, 0.1) is 0 Å². The molecule has 1 fully saturated rings. The standard InChI is InChI=1S/C21H26N2O4S/c1-2-26-19-4-6-20(7-5-19)28(24,25)23-12-10-22(11-13-23)16-17-3-8-21-18(15-17)9-14-27-21/h3-8,15H,2,9-14,16H2,1H3. The zero-order valence-corrected chi connectivity index (χ0v) is 17.0. The van der Waals surface area contributed by atoms with Gasteiger partial charge < -0.3 is 9.47 Å². The number of fused-ring (bicyclic) bond motifs is 1. The average Bonchev–Trinajstić information content (AvgIpc) is 3.17. The fourth-order valence-corrected chi connectivity index (χ4v) is 5.17. The minimum Gasteiger partial charge on any atom is -0.494 e. The monoisotopic (exact) mass is 402 g/mol. The molecule has 2 heterocycles. The Kier molecular flexibility index (Phi) is 5.57. The van der Waals surface area contributed by atoms with Gasteiger partial charge in [0.15, 0.2) is 0 Å². The van der Waals surface area contributed by atoms with Crippen molar-refractivity contribution in [3.05, 3.63) is 53.6 Å². The highest BCUT2D eigenvalue weighted by Gasteiger charge is 2.28. The Labute approximate surface area is 166 Å². The molecule has 0 saturated carbocycles. The van der Waals surface area contributed by atoms with Gasteiger partial charge in [-0.25, -0.2) is 8.42 Å². The van der Waals surface area contributed by atoms with Crippen LogP contribution in [0.1, 0.15) is 18.1 Å². The average molecular weight is 403 g/mol. The molecule has 2 aromatic rings. The van der Waals surface area contributed by atoms with Gasteiger partial charge in [-0.15, -0.1) is 0 Å². The maximum Gasteiger partial charge on any atom is 0.243 e. The van der Waals surface area contributed by atoms with E-state index in [-0.39, 0.29) is 0 Å². The molecule has 0 atom stereocenters. The van der Waals surface area contributed by atoms with Crippen LogP contribution in [0.4, 0.5) is 0 Å². The molecule has 28 heavy (non-hydrogen) atoms. The maximum atomic E-state index is 12.9. The lowest BCUT2D eigenvalue weighted by Gasteiger charge is -2.34. The fraction of sp³-hybridized carbons (Fsp3) is 0.429. The molecule has 150 valence electrons. The minimum absolute atomic E-state index is 0.322. The molecule has 0 aliphatic carbocycles. The molecule has 0 unspecified atom stereocenters. The summed E-state index contributed by atoms with van der Waals surface area (Å²) in [5.41, 5.74) is 2.53. The number of rotatable bonds is 6. The highest BCUT2D eigenvalue weighted by molar-refractivity contribution is 7.89. The van der Waals surface area contributed by atoms with Crippen molar-refractivity contribution in [2.24, 2.45) is 0 Å². The second kappa shape index (κ2) is 8.11. The zero-order valence-electron chi connectivity index (χ0n) is 16.1. The maximum absolute atomic E-state index is 12.9. The van der Waals surface area contributed by atoms with E-state index >= 15 is 0 Å². The van der Waals surface area contributed by atoms with Crippen molar-refractivity contribution in [2.75, 3.05) is 39.4 Å². The van der Waals surface area contributed by atoms with E-state index in [1.165, 1.54) is 11.1 Å². The van der Waals surface area contributed by atoms with Crippen molar-refractivity contribution in [1.82, 2.24) is 9.21 Å². The molecule has 4 rings (SSSR count). The summed E-state index contributed by atoms with van der Waals surface area (Å²) >= 11 is 0. The molecule has 0 radical (unpaired) electrons. The lowest BCUT2D eigenvalue weighted by Crippen LogP contribution is -2.48. The molecule has 2 aliphatic rings. The molecule has 2 aromatic carbocycles. The van der Waals surface area contributed by atoms with Crippen molar-refractivity contribution < 1.29 is 17.9 Å². The largest absolute Gasteiger partial charge is 0.494 e. The predicted molar refractivity (Wildman–Crippen MR) is 107 cm³/mol. The first kappa shape index (κ1) is 19.2. The molecule has 1 saturated heterocycles. The summed E-state index contributed by atoms with van der Waals surface area (Å²) in [6.07, 6.45) is 0.970. The highest BCUT2D eigenvalue weighted by Crippen LogP contribution is 2.27. The lowest BCUT2D eigenvalue weighted by molar-refractivity contribution is 0.181. The molecular formula is C21H26N2O4S. The molecule has 0 amide bonds. The van der Waals surface area contributed by atoms with E-state index in [1.54, 1.807) is 28.6 Å². The zero-order chi connectivity index (χ0) is 19.6. The van der Waals surface area contributed by atoms with E-state index in [9.17, 15) is 8.42 Å². The second-order valence-electron chi connectivity index (χ2n) is 7.13. The summed E-state index contributed by atoms with van der Waals surface area (Å²) in [5, 5.41) is 0. The van der Waals surface area contributed by atoms with Gasteiger partial charge in [0.25, 0.3) is 0 Å². The van der Waals surface area contributed by atoms with Gasteiger partial charge in [0.05, 0.1) is 18.1 Å². The van der Waals surface area contributed by atoms with Gasteiger partial charge in [0, 0.05) is 39.1 Å². The van der Waals surface area contributed by atoms with Crippen molar-refractivity contribution in [2.45, 2.75) is 24.8 Å². The first-order valence-electron chi connectivity index (χ1n) is 9.76. The van der Waals surface area contributed by atoms with Crippen molar-refractivity contribution in [3.63, 3.8) is 0 Å². The van der Waals surface area contributed by atoms with Crippen LogP contribution in [0.5, 0.6) is 11.5 Å². The number of piperazine rings is 1. The summed E-state index contributed by atoms with van der Waals surface area (Å²) in [6, 6.07) is 13.0. The van der Waals surface area contributed by atoms with Gasteiger partial charge in [-0.05, 0) is 48.4 Å². The Morgan fingerprint density at radius 1 is 1.04 bits per heavy atom. The molecular weight excluding hydrogens is 376 g/mol. The van der Waals surface area contributed by atoms with Gasteiger partial charge in [-0.2, -0.15) is 4.31 Å². The second-order valence-corrected chi connectivity index (χ2v) is 9.06. The van der Waals surface area contributed by atoms with Crippen LogP contribution < -0.4 is 9.47 Å². The first-order chi connectivity index (χ1) is 13.6. The Morgan fingerprint density at radius 2 is 1.79 bits per heavy atom. The molecule has 2 aliphatic heterocycles. The third-order valence-corrected chi connectivity index (χ3v) is 7.18. The van der Waals surface area contributed by atoms with Crippen LogP contribution in [0.2, 0.25) is 0 Å². The summed E-state index contributed by atoms with van der Waals surface area (Å²) in [6.45, 7) is 6.53. The summed E-state index contributed by atoms with van der Waals surface area (Å²) in [7, 11) is -3.46. The fourth-order valence-electron chi connectivity index (χ4n) is 3.75. The van der Waals surface area contributed by atoms with E-state index in [1.807, 2.05) is 13.0 Å². The van der Waals surface area contributed by atoms with E-state index in [2.05, 4.69) is 17.0 Å². The van der Waals surface area contributed by atoms with Gasteiger partial charge in [-0.3, -0.25) is 4.90 Å². The van der Waals surface area contributed by atoms with Gasteiger partial charge >= 0.3 is 0 Å². The Morgan fingerprint density at radius 3 is 2.50 bits per heavy atom. The summed E-state index contributed by atoms with van der Waals surface area (Å²) in [4.78, 5) is 2.63. The molecule has 0 bridgehead atoms.